The molecule has 2 saturated heterocycles. The molecule has 4 unspecified atom stereocenters. The van der Waals surface area contributed by atoms with Gasteiger partial charge in [-0.15, -0.1) is 0 Å². The maximum absolute atomic E-state index is 13.8. The highest BCUT2D eigenvalue weighted by Crippen LogP contribution is 2.38. The van der Waals surface area contributed by atoms with Crippen molar-refractivity contribution in [3.05, 3.63) is 34.9 Å². The fraction of sp³-hybridized carbons (Fsp3) is 0.806. The van der Waals surface area contributed by atoms with Crippen LogP contribution in [0, 0.1) is 11.8 Å². The molecular weight excluding hydrogens is 534 g/mol. The van der Waals surface area contributed by atoms with E-state index in [1.807, 2.05) is 0 Å². The minimum atomic E-state index is -0.119. The summed E-state index contributed by atoms with van der Waals surface area (Å²) < 4.78 is 0. The molecular formula is C36H59N5O2. The number of carbonyl (C=O) groups is 1. The van der Waals surface area contributed by atoms with Gasteiger partial charge in [-0.25, -0.2) is 10.4 Å². The molecule has 7 heteroatoms. The second-order valence-corrected chi connectivity index (χ2v) is 14.5. The number of rotatable bonds is 6. The van der Waals surface area contributed by atoms with E-state index in [-0.39, 0.29) is 30.4 Å². The third-order valence-corrected chi connectivity index (χ3v) is 11.3. The first-order valence-electron chi connectivity index (χ1n) is 18.2. The molecule has 1 aromatic carbocycles. The van der Waals surface area contributed by atoms with Crippen LogP contribution in [-0.2, 0) is 16.1 Å². The summed E-state index contributed by atoms with van der Waals surface area (Å²) in [4.78, 5) is 20.4. The van der Waals surface area contributed by atoms with Gasteiger partial charge in [-0.05, 0) is 54.7 Å². The van der Waals surface area contributed by atoms with Crippen LogP contribution in [0.3, 0.4) is 0 Å². The van der Waals surface area contributed by atoms with Crippen LogP contribution < -0.4 is 16.1 Å². The SMILES string of the molecule is CCC1NC(c2ccc3c(c2)CC[C@H]3NC(=O)C2NN(C)CC2C2CCCCCCCC2)N(C2CCCCCCCC2)O1. The normalized spacial score (nSPS) is 32.7. The summed E-state index contributed by atoms with van der Waals surface area (Å²) in [5.41, 5.74) is 7.55. The van der Waals surface area contributed by atoms with Crippen LogP contribution in [0.25, 0.3) is 0 Å². The van der Waals surface area contributed by atoms with Gasteiger partial charge in [0.2, 0.25) is 5.91 Å². The Morgan fingerprint density at radius 2 is 1.56 bits per heavy atom. The van der Waals surface area contributed by atoms with E-state index in [1.165, 1.54) is 119 Å². The first-order valence-corrected chi connectivity index (χ1v) is 18.2. The quantitative estimate of drug-likeness (QED) is 0.328. The number of nitrogens with zero attached hydrogens (tertiary/aromatic N) is 2. The van der Waals surface area contributed by atoms with Crippen molar-refractivity contribution in [2.75, 3.05) is 13.6 Å². The second-order valence-electron chi connectivity index (χ2n) is 14.5. The summed E-state index contributed by atoms with van der Waals surface area (Å²) in [6, 6.07) is 7.46. The van der Waals surface area contributed by atoms with Crippen LogP contribution in [-0.4, -0.2) is 47.9 Å². The summed E-state index contributed by atoms with van der Waals surface area (Å²) >= 11 is 0. The van der Waals surface area contributed by atoms with Gasteiger partial charge in [-0.3, -0.25) is 14.9 Å². The maximum atomic E-state index is 13.8. The van der Waals surface area contributed by atoms with Crippen LogP contribution in [0.4, 0.5) is 0 Å². The van der Waals surface area contributed by atoms with E-state index >= 15 is 0 Å². The number of aryl methyl sites for hydroxylation is 1. The highest BCUT2D eigenvalue weighted by atomic mass is 16.7. The molecule has 0 aromatic heterocycles. The minimum absolute atomic E-state index is 0.0742. The van der Waals surface area contributed by atoms with Crippen molar-refractivity contribution in [3.63, 3.8) is 0 Å². The van der Waals surface area contributed by atoms with Crippen LogP contribution >= 0.6 is 0 Å². The van der Waals surface area contributed by atoms with E-state index in [2.05, 4.69) is 58.3 Å². The van der Waals surface area contributed by atoms with Gasteiger partial charge in [-0.2, -0.15) is 5.06 Å². The predicted molar refractivity (Wildman–Crippen MR) is 173 cm³/mol. The summed E-state index contributed by atoms with van der Waals surface area (Å²) in [6.07, 6.45) is 24.3. The summed E-state index contributed by atoms with van der Waals surface area (Å²) in [5, 5.41) is 11.8. The number of hydrazine groups is 1. The molecule has 0 spiro atoms. The fourth-order valence-corrected chi connectivity index (χ4v) is 8.88. The molecule has 4 fully saturated rings. The van der Waals surface area contributed by atoms with Crippen LogP contribution in [0.5, 0.6) is 0 Å². The van der Waals surface area contributed by atoms with E-state index < -0.39 is 0 Å². The average Bonchev–Trinajstić information content (AvgIpc) is 3.76. The number of amides is 1. The Bertz CT molecular complexity index is 1030. The van der Waals surface area contributed by atoms with Crippen molar-refractivity contribution < 1.29 is 9.63 Å². The van der Waals surface area contributed by atoms with Gasteiger partial charge in [0.25, 0.3) is 0 Å². The first kappa shape index (κ1) is 31.5. The van der Waals surface area contributed by atoms with Gasteiger partial charge < -0.3 is 5.32 Å². The molecule has 43 heavy (non-hydrogen) atoms. The standard InChI is InChI=1S/C36H59N5O2/c1-3-33-38-35(41(43-33)29-18-14-10-6-7-11-15-19-29)28-20-22-30-27(24-28)21-23-32(30)37-36(42)34-31(25-40(2)39-34)26-16-12-8-4-5-9-13-17-26/h20,22,24,26,29,31-35,38-39H,3-19,21,23,25H2,1-2H3,(H,37,42)/t31?,32-,33?,34?,35?/m1/s1. The molecule has 5 aliphatic rings. The first-order chi connectivity index (χ1) is 21.1. The zero-order valence-electron chi connectivity index (χ0n) is 27.1. The van der Waals surface area contributed by atoms with E-state index in [9.17, 15) is 4.79 Å². The van der Waals surface area contributed by atoms with Gasteiger partial charge in [0.05, 0.1) is 6.04 Å². The van der Waals surface area contributed by atoms with E-state index in [0.29, 0.717) is 17.9 Å². The van der Waals surface area contributed by atoms with Gasteiger partial charge in [0.15, 0.2) is 0 Å². The Morgan fingerprint density at radius 3 is 2.23 bits per heavy atom. The molecule has 0 bridgehead atoms. The van der Waals surface area contributed by atoms with Crippen LogP contribution in [0.1, 0.15) is 151 Å². The van der Waals surface area contributed by atoms with Crippen molar-refractivity contribution in [3.8, 4) is 0 Å². The van der Waals surface area contributed by atoms with Crippen LogP contribution in [0.2, 0.25) is 0 Å². The lowest BCUT2D eigenvalue weighted by Gasteiger charge is -2.31. The fourth-order valence-electron chi connectivity index (χ4n) is 8.88. The predicted octanol–water partition coefficient (Wildman–Crippen LogP) is 7.05. The van der Waals surface area contributed by atoms with Crippen molar-refractivity contribution >= 4 is 5.91 Å². The molecule has 1 amide bonds. The molecule has 6 rings (SSSR count). The smallest absolute Gasteiger partial charge is 0.239 e. The summed E-state index contributed by atoms with van der Waals surface area (Å²) in [7, 11) is 2.10. The minimum Gasteiger partial charge on any atom is -0.348 e. The number of hydrogen-bond acceptors (Lipinski definition) is 6. The number of benzene rings is 1. The zero-order valence-corrected chi connectivity index (χ0v) is 27.1. The van der Waals surface area contributed by atoms with Crippen molar-refractivity contribution in [1.29, 1.82) is 0 Å². The lowest BCUT2D eigenvalue weighted by Crippen LogP contribution is -2.48. The van der Waals surface area contributed by atoms with Crippen molar-refractivity contribution in [2.24, 2.45) is 11.8 Å². The number of nitrogens with one attached hydrogen (secondary N) is 3. The highest BCUT2D eigenvalue weighted by Gasteiger charge is 2.42. The third kappa shape index (κ3) is 7.66. The number of hydrogen-bond donors (Lipinski definition) is 3. The third-order valence-electron chi connectivity index (χ3n) is 11.3. The van der Waals surface area contributed by atoms with E-state index in [1.54, 1.807) is 0 Å². The Kier molecular flexibility index (Phi) is 11.1. The molecule has 5 atom stereocenters. The Hall–Kier alpha value is -1.51. The topological polar surface area (TPSA) is 68.9 Å². The second kappa shape index (κ2) is 15.2. The van der Waals surface area contributed by atoms with Crippen molar-refractivity contribution in [1.82, 2.24) is 26.1 Å². The molecule has 2 aliphatic heterocycles. The Balaban J connectivity index is 1.13. The van der Waals surface area contributed by atoms with Gasteiger partial charge in [0, 0.05) is 25.6 Å². The summed E-state index contributed by atoms with van der Waals surface area (Å²) in [5.74, 6) is 1.23. The van der Waals surface area contributed by atoms with Gasteiger partial charge >= 0.3 is 0 Å². The van der Waals surface area contributed by atoms with E-state index in [4.69, 9.17) is 4.84 Å². The molecule has 240 valence electrons. The molecule has 2 saturated carbocycles. The average molecular weight is 594 g/mol. The Morgan fingerprint density at radius 1 is 0.907 bits per heavy atom. The number of carbonyl (C=O) groups excluding carboxylic acids is 1. The molecule has 0 radical (unpaired) electrons. The highest BCUT2D eigenvalue weighted by molar-refractivity contribution is 5.83. The van der Waals surface area contributed by atoms with Crippen molar-refractivity contribution in [2.45, 2.75) is 159 Å². The van der Waals surface area contributed by atoms with Crippen LogP contribution in [0.15, 0.2) is 18.2 Å². The van der Waals surface area contributed by atoms with E-state index in [0.717, 1.165) is 25.8 Å². The molecule has 7 nitrogen and oxygen atoms in total. The zero-order chi connectivity index (χ0) is 29.6. The number of fused-ring (bicyclic) bond motifs is 1. The summed E-state index contributed by atoms with van der Waals surface area (Å²) in [6.45, 7) is 3.18. The van der Waals surface area contributed by atoms with Gasteiger partial charge in [-0.1, -0.05) is 115 Å². The molecule has 3 aliphatic carbocycles. The molecule has 3 N–H and O–H groups in total. The molecule has 1 aromatic rings. The van der Waals surface area contributed by atoms with Gasteiger partial charge in [0.1, 0.15) is 18.4 Å². The maximum Gasteiger partial charge on any atom is 0.239 e. The Labute approximate surface area is 261 Å². The largest absolute Gasteiger partial charge is 0.348 e. The lowest BCUT2D eigenvalue weighted by atomic mass is 9.80. The monoisotopic (exact) mass is 593 g/mol. The molecule has 2 heterocycles. The number of hydroxylamine groups is 2. The lowest BCUT2D eigenvalue weighted by molar-refractivity contribution is -0.194.